The van der Waals surface area contributed by atoms with Crippen molar-refractivity contribution in [2.45, 2.75) is 19.8 Å². The second kappa shape index (κ2) is 4.35. The van der Waals surface area contributed by atoms with Crippen molar-refractivity contribution in [2.24, 2.45) is 0 Å². The summed E-state index contributed by atoms with van der Waals surface area (Å²) < 4.78 is 1.74. The van der Waals surface area contributed by atoms with E-state index in [0.717, 1.165) is 22.4 Å². The van der Waals surface area contributed by atoms with Crippen molar-refractivity contribution >= 4 is 16.9 Å². The summed E-state index contributed by atoms with van der Waals surface area (Å²) in [5.74, 6) is 0.982. The minimum Gasteiger partial charge on any atom is -0.384 e. The Labute approximate surface area is 111 Å². The molecule has 2 heterocycles. The summed E-state index contributed by atoms with van der Waals surface area (Å²) >= 11 is 0. The van der Waals surface area contributed by atoms with Crippen LogP contribution in [0.4, 0.5) is 5.82 Å². The average molecular weight is 253 g/mol. The highest BCUT2D eigenvalue weighted by Gasteiger charge is 2.10. The van der Waals surface area contributed by atoms with E-state index in [9.17, 15) is 0 Å². The monoisotopic (exact) mass is 253 g/mol. The summed E-state index contributed by atoms with van der Waals surface area (Å²) in [6, 6.07) is 7.72. The van der Waals surface area contributed by atoms with Crippen molar-refractivity contribution in [3.63, 3.8) is 0 Å². The van der Waals surface area contributed by atoms with Crippen molar-refractivity contribution in [1.29, 1.82) is 0 Å². The fourth-order valence-corrected chi connectivity index (χ4v) is 1.99. The zero-order valence-electron chi connectivity index (χ0n) is 10.9. The number of hydrogen-bond acceptors (Lipinski definition) is 4. The Bertz CT molecular complexity index is 730. The quantitative estimate of drug-likeness (QED) is 0.761. The third-order valence-electron chi connectivity index (χ3n) is 3.04. The van der Waals surface area contributed by atoms with Gasteiger partial charge < -0.3 is 5.73 Å². The topological polar surface area (TPSA) is 69.6 Å². The maximum Gasteiger partial charge on any atom is 0.127 e. The molecule has 96 valence electrons. The summed E-state index contributed by atoms with van der Waals surface area (Å²) in [5.41, 5.74) is 9.60. The van der Waals surface area contributed by atoms with Gasteiger partial charge in [-0.2, -0.15) is 5.10 Å². The lowest BCUT2D eigenvalue weighted by Crippen LogP contribution is -2.02. The Hall–Kier alpha value is -2.43. The van der Waals surface area contributed by atoms with Gasteiger partial charge in [-0.1, -0.05) is 13.8 Å². The van der Waals surface area contributed by atoms with Crippen LogP contribution in [0.15, 0.2) is 36.7 Å². The zero-order valence-corrected chi connectivity index (χ0v) is 10.9. The molecule has 0 spiro atoms. The van der Waals surface area contributed by atoms with E-state index in [0.29, 0.717) is 11.7 Å². The number of benzene rings is 1. The van der Waals surface area contributed by atoms with Gasteiger partial charge in [0, 0.05) is 18.5 Å². The van der Waals surface area contributed by atoms with Crippen LogP contribution in [0.5, 0.6) is 0 Å². The second-order valence-corrected chi connectivity index (χ2v) is 4.79. The fraction of sp³-hybridized carbons (Fsp3) is 0.214. The van der Waals surface area contributed by atoms with Crippen LogP contribution in [0.1, 0.15) is 25.5 Å². The fourth-order valence-electron chi connectivity index (χ4n) is 1.99. The molecular formula is C14H15N5. The Morgan fingerprint density at radius 3 is 2.47 bits per heavy atom. The Morgan fingerprint density at radius 2 is 1.79 bits per heavy atom. The molecule has 0 saturated carbocycles. The molecule has 3 aromatic rings. The molecule has 0 atom stereocenters. The van der Waals surface area contributed by atoms with E-state index in [1.54, 1.807) is 17.1 Å². The van der Waals surface area contributed by atoms with Crippen LogP contribution < -0.4 is 5.73 Å². The maximum atomic E-state index is 6.02. The molecule has 0 aliphatic carbocycles. The molecule has 0 aliphatic rings. The molecule has 5 heteroatoms. The van der Waals surface area contributed by atoms with E-state index >= 15 is 0 Å². The molecule has 0 saturated heterocycles. The van der Waals surface area contributed by atoms with Gasteiger partial charge in [-0.05, 0) is 24.1 Å². The summed E-state index contributed by atoms with van der Waals surface area (Å²) in [6.45, 7) is 4.19. The number of nitrogens with zero attached hydrogens (tertiary/aromatic N) is 4. The van der Waals surface area contributed by atoms with Gasteiger partial charge in [0.15, 0.2) is 0 Å². The Kier molecular flexibility index (Phi) is 2.67. The standard InChI is InChI=1S/C14H15N5/c1-9(2)12-8-14(15)19(18-12)10-3-4-11-13(7-10)17-6-5-16-11/h3-9H,15H2,1-2H3. The maximum absolute atomic E-state index is 6.02. The zero-order chi connectivity index (χ0) is 13.4. The Balaban J connectivity index is 2.13. The number of aromatic nitrogens is 4. The molecule has 3 rings (SSSR count). The molecule has 0 amide bonds. The number of rotatable bonds is 2. The van der Waals surface area contributed by atoms with Crippen LogP contribution >= 0.6 is 0 Å². The van der Waals surface area contributed by atoms with Gasteiger partial charge >= 0.3 is 0 Å². The number of hydrogen-bond donors (Lipinski definition) is 1. The van der Waals surface area contributed by atoms with Crippen LogP contribution in [-0.4, -0.2) is 19.7 Å². The van der Waals surface area contributed by atoms with Crippen LogP contribution in [0.2, 0.25) is 0 Å². The van der Waals surface area contributed by atoms with Crippen molar-refractivity contribution in [1.82, 2.24) is 19.7 Å². The van der Waals surface area contributed by atoms with E-state index in [1.807, 2.05) is 24.3 Å². The predicted molar refractivity (Wildman–Crippen MR) is 75.2 cm³/mol. The molecule has 2 aromatic heterocycles. The molecule has 1 aromatic carbocycles. The van der Waals surface area contributed by atoms with E-state index in [2.05, 4.69) is 28.9 Å². The third-order valence-corrected chi connectivity index (χ3v) is 3.04. The molecule has 19 heavy (non-hydrogen) atoms. The van der Waals surface area contributed by atoms with Crippen LogP contribution in [0.3, 0.4) is 0 Å². The first kappa shape index (κ1) is 11.6. The predicted octanol–water partition coefficient (Wildman–Crippen LogP) is 2.52. The summed E-state index contributed by atoms with van der Waals surface area (Å²) in [6.07, 6.45) is 3.36. The molecule has 0 fully saturated rings. The largest absolute Gasteiger partial charge is 0.384 e. The highest BCUT2D eigenvalue weighted by molar-refractivity contribution is 5.76. The van der Waals surface area contributed by atoms with Gasteiger partial charge in [-0.15, -0.1) is 0 Å². The Morgan fingerprint density at radius 1 is 1.05 bits per heavy atom. The molecule has 5 nitrogen and oxygen atoms in total. The second-order valence-electron chi connectivity index (χ2n) is 4.79. The van der Waals surface area contributed by atoms with Crippen LogP contribution in [-0.2, 0) is 0 Å². The van der Waals surface area contributed by atoms with Crippen molar-refractivity contribution in [3.8, 4) is 5.69 Å². The van der Waals surface area contributed by atoms with Crippen LogP contribution in [0, 0.1) is 0 Å². The lowest BCUT2D eigenvalue weighted by molar-refractivity contribution is 0.771. The minimum absolute atomic E-state index is 0.351. The van der Waals surface area contributed by atoms with Crippen molar-refractivity contribution < 1.29 is 0 Å². The number of nitrogens with two attached hydrogens (primary N) is 1. The van der Waals surface area contributed by atoms with E-state index in [1.165, 1.54) is 0 Å². The summed E-state index contributed by atoms with van der Waals surface area (Å²) in [7, 11) is 0. The smallest absolute Gasteiger partial charge is 0.127 e. The summed E-state index contributed by atoms with van der Waals surface area (Å²) in [4.78, 5) is 8.54. The highest BCUT2D eigenvalue weighted by Crippen LogP contribution is 2.21. The van der Waals surface area contributed by atoms with Gasteiger partial charge in [0.25, 0.3) is 0 Å². The van der Waals surface area contributed by atoms with Crippen molar-refractivity contribution in [2.75, 3.05) is 5.73 Å². The number of nitrogen functional groups attached to an aromatic ring is 1. The first-order chi connectivity index (χ1) is 9.15. The number of anilines is 1. The van der Waals surface area contributed by atoms with Gasteiger partial charge in [0.2, 0.25) is 0 Å². The van der Waals surface area contributed by atoms with Gasteiger partial charge in [0.05, 0.1) is 22.4 Å². The van der Waals surface area contributed by atoms with Gasteiger partial charge in [-0.25, -0.2) is 4.68 Å². The summed E-state index contributed by atoms with van der Waals surface area (Å²) in [5, 5.41) is 4.53. The van der Waals surface area contributed by atoms with Crippen molar-refractivity contribution in [3.05, 3.63) is 42.4 Å². The van der Waals surface area contributed by atoms with Gasteiger partial charge in [0.1, 0.15) is 5.82 Å². The highest BCUT2D eigenvalue weighted by atomic mass is 15.3. The van der Waals surface area contributed by atoms with E-state index in [4.69, 9.17) is 5.73 Å². The molecule has 0 unspecified atom stereocenters. The average Bonchev–Trinajstić information content (AvgIpc) is 2.80. The molecule has 0 bridgehead atoms. The third kappa shape index (κ3) is 2.03. The number of fused-ring (bicyclic) bond motifs is 1. The van der Waals surface area contributed by atoms with Gasteiger partial charge in [-0.3, -0.25) is 9.97 Å². The molecule has 0 aliphatic heterocycles. The lowest BCUT2D eigenvalue weighted by atomic mass is 10.1. The first-order valence-electron chi connectivity index (χ1n) is 6.22. The lowest BCUT2D eigenvalue weighted by Gasteiger charge is -2.05. The van der Waals surface area contributed by atoms with Crippen LogP contribution in [0.25, 0.3) is 16.7 Å². The SMILES string of the molecule is CC(C)c1cc(N)n(-c2ccc3nccnc3c2)n1. The van der Waals surface area contributed by atoms with E-state index in [-0.39, 0.29) is 0 Å². The first-order valence-corrected chi connectivity index (χ1v) is 6.22. The normalized spacial score (nSPS) is 11.3. The van der Waals surface area contributed by atoms with E-state index < -0.39 is 0 Å². The minimum atomic E-state index is 0.351. The molecule has 2 N–H and O–H groups in total. The molecule has 0 radical (unpaired) electrons. The molecular weight excluding hydrogens is 238 g/mol.